The summed E-state index contributed by atoms with van der Waals surface area (Å²) in [4.78, 5) is 31.7. The molecule has 0 bridgehead atoms. The van der Waals surface area contributed by atoms with E-state index in [1.165, 1.54) is 16.5 Å². The zero-order valence-corrected chi connectivity index (χ0v) is 22.3. The van der Waals surface area contributed by atoms with Gasteiger partial charge >= 0.3 is 0 Å². The van der Waals surface area contributed by atoms with Crippen molar-refractivity contribution < 1.29 is 14.3 Å². The molecule has 8 atom stereocenters. The minimum Gasteiger partial charge on any atom is -0.365 e. The van der Waals surface area contributed by atoms with Gasteiger partial charge in [0.1, 0.15) is 5.41 Å². The fraction of sp³-hybridized carbons (Fsp3) is 0.500. The van der Waals surface area contributed by atoms with Crippen LogP contribution in [0.5, 0.6) is 0 Å². The maximum Gasteiger partial charge on any atom is 0.235 e. The number of ether oxygens (including phenoxy) is 1. The van der Waals surface area contributed by atoms with Gasteiger partial charge in [-0.1, -0.05) is 61.9 Å². The van der Waals surface area contributed by atoms with Crippen molar-refractivity contribution in [3.05, 3.63) is 72.0 Å². The van der Waals surface area contributed by atoms with E-state index in [2.05, 4.69) is 68.4 Å². The van der Waals surface area contributed by atoms with E-state index in [0.29, 0.717) is 12.3 Å². The number of allylic oxidation sites excluding steroid dienone is 5. The summed E-state index contributed by atoms with van der Waals surface area (Å²) in [5.74, 6) is -0.164. The maximum atomic E-state index is 14.2. The molecule has 1 aromatic heterocycles. The van der Waals surface area contributed by atoms with Gasteiger partial charge < -0.3 is 15.0 Å². The second-order valence-corrected chi connectivity index (χ2v) is 12.0. The molecule has 1 saturated carbocycles. The molecule has 2 aliphatic carbocycles. The minimum atomic E-state index is -1.15. The van der Waals surface area contributed by atoms with Gasteiger partial charge in [0.15, 0.2) is 5.78 Å². The molecule has 1 aromatic carbocycles. The number of benzene rings is 1. The van der Waals surface area contributed by atoms with Crippen molar-refractivity contribution in [3.8, 4) is 0 Å². The van der Waals surface area contributed by atoms with Crippen molar-refractivity contribution in [2.45, 2.75) is 71.1 Å². The quantitative estimate of drug-likeness (QED) is 0.318. The lowest BCUT2D eigenvalue weighted by Gasteiger charge is -2.45. The molecule has 3 heterocycles. The normalized spacial score (nSPS) is 39.5. The molecule has 5 nitrogen and oxygen atoms in total. The Labute approximate surface area is 219 Å². The van der Waals surface area contributed by atoms with Crippen molar-refractivity contribution in [3.63, 3.8) is 0 Å². The SMILES string of the molecule is CC1=CC(C)CC=CC2C3OC3(C)C(C)C3C(Cc4c[nH]c5ccccc45)NC(=O)C23C(=O)C=CCC1. The third-order valence-electron chi connectivity index (χ3n) is 9.75. The van der Waals surface area contributed by atoms with Gasteiger partial charge in [0, 0.05) is 35.0 Å². The summed E-state index contributed by atoms with van der Waals surface area (Å²) in [7, 11) is 0. The number of rotatable bonds is 2. The van der Waals surface area contributed by atoms with Crippen LogP contribution < -0.4 is 5.32 Å². The van der Waals surface area contributed by atoms with E-state index in [-0.39, 0.29) is 47.2 Å². The molecule has 4 aliphatic rings. The Balaban J connectivity index is 1.44. The standard InChI is InChI=1S/C32H38N2O3/c1-19-10-5-8-15-27(35)32-24(13-9-11-20(2)16-19)29-31(4,37-29)21(3)28(32)26(34-30(32)36)17-22-18-33-25-14-7-6-12-23(22)25/h6-9,12-16,18,20-21,24,26,28-29,33H,5,10-11,17H2,1-4H3,(H,34,36). The summed E-state index contributed by atoms with van der Waals surface area (Å²) < 4.78 is 6.40. The van der Waals surface area contributed by atoms with Crippen LogP contribution in [0.2, 0.25) is 0 Å². The summed E-state index contributed by atoms with van der Waals surface area (Å²) in [6.07, 6.45) is 15.6. The molecule has 37 heavy (non-hydrogen) atoms. The van der Waals surface area contributed by atoms with E-state index in [9.17, 15) is 9.59 Å². The molecule has 194 valence electrons. The van der Waals surface area contributed by atoms with Crippen LogP contribution in [0, 0.1) is 29.1 Å². The van der Waals surface area contributed by atoms with Crippen LogP contribution in [-0.2, 0) is 20.7 Å². The Hall–Kier alpha value is -2.92. The number of carbonyl (C=O) groups excluding carboxylic acids is 2. The third-order valence-corrected chi connectivity index (χ3v) is 9.75. The second-order valence-electron chi connectivity index (χ2n) is 12.0. The zero-order valence-electron chi connectivity index (χ0n) is 22.3. The van der Waals surface area contributed by atoms with Crippen LogP contribution in [-0.4, -0.2) is 34.4 Å². The third kappa shape index (κ3) is 3.69. The molecular weight excluding hydrogens is 460 g/mol. The highest BCUT2D eigenvalue weighted by molar-refractivity contribution is 6.13. The summed E-state index contributed by atoms with van der Waals surface area (Å²) in [5, 5.41) is 4.51. The number of hydrogen-bond acceptors (Lipinski definition) is 3. The number of aromatic amines is 1. The lowest BCUT2D eigenvalue weighted by Crippen LogP contribution is -2.57. The molecule has 2 aromatic rings. The van der Waals surface area contributed by atoms with Crippen LogP contribution in [0.4, 0.5) is 0 Å². The Morgan fingerprint density at radius 2 is 1.95 bits per heavy atom. The molecule has 2 saturated heterocycles. The predicted octanol–water partition coefficient (Wildman–Crippen LogP) is 5.68. The largest absolute Gasteiger partial charge is 0.365 e. The Kier molecular flexibility index (Phi) is 5.83. The number of H-pyrrole nitrogens is 1. The first-order valence-corrected chi connectivity index (χ1v) is 13.9. The molecular formula is C32H38N2O3. The molecule has 2 aliphatic heterocycles. The number of epoxide rings is 1. The summed E-state index contributed by atoms with van der Waals surface area (Å²) >= 11 is 0. The maximum absolute atomic E-state index is 14.2. The van der Waals surface area contributed by atoms with Crippen molar-refractivity contribution >= 4 is 22.6 Å². The highest BCUT2D eigenvalue weighted by Crippen LogP contribution is 2.66. The summed E-state index contributed by atoms with van der Waals surface area (Å²) in [6.45, 7) is 8.74. The van der Waals surface area contributed by atoms with E-state index in [0.717, 1.165) is 24.8 Å². The highest BCUT2D eigenvalue weighted by atomic mass is 16.6. The monoisotopic (exact) mass is 498 g/mol. The van der Waals surface area contributed by atoms with Gasteiger partial charge in [-0.2, -0.15) is 0 Å². The van der Waals surface area contributed by atoms with Gasteiger partial charge in [-0.05, 0) is 69.1 Å². The lowest BCUT2D eigenvalue weighted by molar-refractivity contribution is -0.145. The molecule has 3 fully saturated rings. The van der Waals surface area contributed by atoms with E-state index < -0.39 is 5.41 Å². The second kappa shape index (κ2) is 8.83. The Morgan fingerprint density at radius 3 is 2.78 bits per heavy atom. The topological polar surface area (TPSA) is 74.5 Å². The molecule has 2 N–H and O–H groups in total. The van der Waals surface area contributed by atoms with E-state index in [1.807, 2.05) is 24.4 Å². The minimum absolute atomic E-state index is 0.0622. The van der Waals surface area contributed by atoms with Crippen LogP contribution >= 0.6 is 0 Å². The predicted molar refractivity (Wildman–Crippen MR) is 146 cm³/mol. The number of ketones is 1. The molecule has 6 rings (SSSR count). The number of fused-ring (bicyclic) bond motifs is 3. The number of carbonyl (C=O) groups is 2. The molecule has 5 heteroatoms. The van der Waals surface area contributed by atoms with Gasteiger partial charge in [-0.15, -0.1) is 0 Å². The van der Waals surface area contributed by atoms with E-state index >= 15 is 0 Å². The molecule has 1 amide bonds. The van der Waals surface area contributed by atoms with E-state index in [1.54, 1.807) is 6.08 Å². The molecule has 0 radical (unpaired) electrons. The van der Waals surface area contributed by atoms with Crippen molar-refractivity contribution in [1.82, 2.24) is 10.3 Å². The average Bonchev–Trinajstić information content (AvgIpc) is 3.27. The van der Waals surface area contributed by atoms with Gasteiger partial charge in [0.2, 0.25) is 5.91 Å². The van der Waals surface area contributed by atoms with Gasteiger partial charge in [-0.25, -0.2) is 0 Å². The van der Waals surface area contributed by atoms with Gasteiger partial charge in [0.25, 0.3) is 0 Å². The Morgan fingerprint density at radius 1 is 1.14 bits per heavy atom. The summed E-state index contributed by atoms with van der Waals surface area (Å²) in [5.41, 5.74) is 2.13. The fourth-order valence-electron chi connectivity index (χ4n) is 7.72. The van der Waals surface area contributed by atoms with Crippen LogP contribution in [0.25, 0.3) is 10.9 Å². The van der Waals surface area contributed by atoms with Crippen molar-refractivity contribution in [2.75, 3.05) is 0 Å². The summed E-state index contributed by atoms with van der Waals surface area (Å²) in [6, 6.07) is 8.12. The van der Waals surface area contributed by atoms with Crippen LogP contribution in [0.3, 0.4) is 0 Å². The van der Waals surface area contributed by atoms with Crippen LogP contribution in [0.15, 0.2) is 66.4 Å². The Bertz CT molecular complexity index is 1330. The van der Waals surface area contributed by atoms with Crippen LogP contribution in [0.1, 0.15) is 52.5 Å². The van der Waals surface area contributed by atoms with E-state index in [4.69, 9.17) is 4.74 Å². The lowest BCUT2D eigenvalue weighted by atomic mass is 9.51. The number of amides is 1. The van der Waals surface area contributed by atoms with Gasteiger partial charge in [0.05, 0.1) is 11.7 Å². The number of nitrogens with one attached hydrogen (secondary N) is 2. The zero-order chi connectivity index (χ0) is 25.9. The van der Waals surface area contributed by atoms with Gasteiger partial charge in [-0.3, -0.25) is 9.59 Å². The van der Waals surface area contributed by atoms with Crippen molar-refractivity contribution in [1.29, 1.82) is 0 Å². The molecule has 1 spiro atoms. The fourth-order valence-corrected chi connectivity index (χ4v) is 7.72. The average molecular weight is 499 g/mol. The smallest absolute Gasteiger partial charge is 0.235 e. The first kappa shape index (κ1) is 24.4. The molecule has 8 unspecified atom stereocenters. The number of aromatic nitrogens is 1. The highest BCUT2D eigenvalue weighted by Gasteiger charge is 2.78. The number of hydrogen-bond donors (Lipinski definition) is 2. The first-order valence-electron chi connectivity index (χ1n) is 13.9. The first-order chi connectivity index (χ1) is 17.8. The van der Waals surface area contributed by atoms with Crippen molar-refractivity contribution in [2.24, 2.45) is 29.1 Å². The number of para-hydroxylation sites is 1.